The van der Waals surface area contributed by atoms with Crippen LogP contribution in [0.15, 0.2) is 28.8 Å². The first-order valence-corrected chi connectivity index (χ1v) is 7.94. The molecule has 0 aliphatic rings. The molecule has 2 N–H and O–H groups in total. The lowest BCUT2D eigenvalue weighted by molar-refractivity contribution is 0.0500. The highest BCUT2D eigenvalue weighted by Crippen LogP contribution is 2.20. The Hall–Kier alpha value is -2.77. The van der Waals surface area contributed by atoms with Crippen molar-refractivity contribution in [2.24, 2.45) is 0 Å². The van der Waals surface area contributed by atoms with Crippen LogP contribution in [0.4, 0.5) is 10.8 Å². The van der Waals surface area contributed by atoms with Crippen LogP contribution in [0.2, 0.25) is 0 Å². The summed E-state index contributed by atoms with van der Waals surface area (Å²) in [7, 11) is 3.29. The average molecular weight is 348 g/mol. The van der Waals surface area contributed by atoms with Gasteiger partial charge in [-0.15, -0.1) is 0 Å². The fraction of sp³-hybridized carbons (Fsp3) is 0.471. The van der Waals surface area contributed by atoms with E-state index in [-0.39, 0.29) is 6.01 Å². The van der Waals surface area contributed by atoms with E-state index in [0.717, 1.165) is 11.3 Å². The van der Waals surface area contributed by atoms with Crippen molar-refractivity contribution in [1.29, 1.82) is 0 Å². The second-order valence-corrected chi connectivity index (χ2v) is 6.46. The quantitative estimate of drug-likeness (QED) is 0.828. The Bertz CT molecular complexity index is 691. The molecular weight excluding hydrogens is 324 g/mol. The van der Waals surface area contributed by atoms with E-state index in [0.29, 0.717) is 12.2 Å². The van der Waals surface area contributed by atoms with E-state index in [9.17, 15) is 4.79 Å². The number of carbonyl (C=O) groups excluding carboxylic acids is 1. The Morgan fingerprint density at radius 2 is 1.96 bits per heavy atom. The molecule has 0 aliphatic heterocycles. The molecule has 1 aromatic heterocycles. The van der Waals surface area contributed by atoms with Gasteiger partial charge in [-0.3, -0.25) is 0 Å². The number of ether oxygens (including phenoxy) is 2. The second-order valence-electron chi connectivity index (χ2n) is 6.46. The van der Waals surface area contributed by atoms with E-state index < -0.39 is 17.7 Å². The van der Waals surface area contributed by atoms with Crippen molar-refractivity contribution in [3.63, 3.8) is 0 Å². The van der Waals surface area contributed by atoms with Crippen LogP contribution < -0.4 is 15.4 Å². The Kier molecular flexibility index (Phi) is 5.84. The molecule has 1 heterocycles. The van der Waals surface area contributed by atoms with Crippen LogP contribution in [0.25, 0.3) is 0 Å². The molecule has 0 saturated heterocycles. The average Bonchev–Trinajstić information content (AvgIpc) is 3.02. The molecule has 0 saturated carbocycles. The number of methoxy groups -OCH3 is 1. The van der Waals surface area contributed by atoms with Crippen LogP contribution in [0.1, 0.15) is 38.2 Å². The normalized spacial score (nSPS) is 12.4. The number of hydrogen-bond donors (Lipinski definition) is 2. The summed E-state index contributed by atoms with van der Waals surface area (Å²) in [4.78, 5) is 16.4. The maximum Gasteiger partial charge on any atom is 0.408 e. The SMILES string of the molecule is CNc1nc([C@H](Cc2ccc(OC)cc2)NC(=O)OC(C)(C)C)no1. The van der Waals surface area contributed by atoms with E-state index in [4.69, 9.17) is 14.0 Å². The topological polar surface area (TPSA) is 98.5 Å². The monoisotopic (exact) mass is 348 g/mol. The highest BCUT2D eigenvalue weighted by atomic mass is 16.6. The van der Waals surface area contributed by atoms with E-state index in [1.807, 2.05) is 24.3 Å². The van der Waals surface area contributed by atoms with Gasteiger partial charge in [-0.1, -0.05) is 17.3 Å². The van der Waals surface area contributed by atoms with Gasteiger partial charge in [0.05, 0.1) is 13.2 Å². The second kappa shape index (κ2) is 7.87. The predicted octanol–water partition coefficient (Wildman–Crippen LogP) is 2.93. The van der Waals surface area contributed by atoms with Crippen LogP contribution in [-0.4, -0.2) is 36.0 Å². The minimum Gasteiger partial charge on any atom is -0.497 e. The zero-order valence-corrected chi connectivity index (χ0v) is 15.1. The van der Waals surface area contributed by atoms with Crippen molar-refractivity contribution < 1.29 is 18.8 Å². The van der Waals surface area contributed by atoms with Crippen molar-refractivity contribution in [2.75, 3.05) is 19.5 Å². The molecule has 1 aromatic carbocycles. The first-order valence-electron chi connectivity index (χ1n) is 7.94. The summed E-state index contributed by atoms with van der Waals surface area (Å²) in [5.74, 6) is 1.13. The van der Waals surface area contributed by atoms with E-state index in [2.05, 4.69) is 20.8 Å². The minimum atomic E-state index is -0.595. The van der Waals surface area contributed by atoms with Crippen molar-refractivity contribution in [3.8, 4) is 5.75 Å². The molecule has 2 aromatic rings. The Morgan fingerprint density at radius 3 is 2.48 bits per heavy atom. The molecule has 0 fully saturated rings. The zero-order chi connectivity index (χ0) is 18.4. The maximum atomic E-state index is 12.2. The highest BCUT2D eigenvalue weighted by molar-refractivity contribution is 5.68. The number of alkyl carbamates (subject to hydrolysis) is 1. The lowest BCUT2D eigenvalue weighted by Gasteiger charge is -2.22. The third kappa shape index (κ3) is 5.66. The minimum absolute atomic E-state index is 0.278. The molecule has 0 spiro atoms. The van der Waals surface area contributed by atoms with Crippen molar-refractivity contribution in [2.45, 2.75) is 38.8 Å². The summed E-state index contributed by atoms with van der Waals surface area (Å²) < 4.78 is 15.6. The number of rotatable bonds is 6. The van der Waals surface area contributed by atoms with Crippen LogP contribution in [0.5, 0.6) is 5.75 Å². The standard InChI is InChI=1S/C17H24N4O4/c1-17(2,3)24-16(22)19-13(14-20-15(18-4)25-21-14)10-11-6-8-12(23-5)9-7-11/h6-9,13H,10H2,1-5H3,(H,19,22)(H,18,20,21)/t13-/m0/s1. The van der Waals surface area contributed by atoms with Gasteiger partial charge < -0.3 is 24.6 Å². The molecule has 0 aliphatic carbocycles. The molecule has 25 heavy (non-hydrogen) atoms. The third-order valence-electron chi connectivity index (χ3n) is 3.26. The Labute approximate surface area is 146 Å². The number of amides is 1. The smallest absolute Gasteiger partial charge is 0.408 e. The van der Waals surface area contributed by atoms with Gasteiger partial charge in [0.25, 0.3) is 0 Å². The summed E-state index contributed by atoms with van der Waals surface area (Å²) in [6.07, 6.45) is -0.0619. The lowest BCUT2D eigenvalue weighted by Crippen LogP contribution is -2.36. The third-order valence-corrected chi connectivity index (χ3v) is 3.26. The summed E-state index contributed by atoms with van der Waals surface area (Å²) >= 11 is 0. The summed E-state index contributed by atoms with van der Waals surface area (Å²) in [5, 5.41) is 9.49. The molecular formula is C17H24N4O4. The predicted molar refractivity (Wildman–Crippen MR) is 92.7 cm³/mol. The number of benzene rings is 1. The number of nitrogens with one attached hydrogen (secondary N) is 2. The Morgan fingerprint density at radius 1 is 1.28 bits per heavy atom. The van der Waals surface area contributed by atoms with Crippen molar-refractivity contribution >= 4 is 12.1 Å². The lowest BCUT2D eigenvalue weighted by atomic mass is 10.1. The van der Waals surface area contributed by atoms with Crippen LogP contribution >= 0.6 is 0 Å². The first-order chi connectivity index (χ1) is 11.8. The highest BCUT2D eigenvalue weighted by Gasteiger charge is 2.24. The van der Waals surface area contributed by atoms with Gasteiger partial charge in [-0.25, -0.2) is 4.79 Å². The van der Waals surface area contributed by atoms with Gasteiger partial charge in [-0.2, -0.15) is 4.98 Å². The van der Waals surface area contributed by atoms with Gasteiger partial charge >= 0.3 is 12.1 Å². The fourth-order valence-electron chi connectivity index (χ4n) is 2.13. The van der Waals surface area contributed by atoms with E-state index in [1.165, 1.54) is 0 Å². The van der Waals surface area contributed by atoms with Gasteiger partial charge in [0.15, 0.2) is 5.82 Å². The molecule has 1 atom stereocenters. The molecule has 1 amide bonds. The van der Waals surface area contributed by atoms with Gasteiger partial charge in [0.2, 0.25) is 0 Å². The molecule has 2 rings (SSSR count). The first kappa shape index (κ1) is 18.6. The summed E-state index contributed by atoms with van der Waals surface area (Å²) in [6, 6.07) is 7.34. The Balaban J connectivity index is 2.17. The summed E-state index contributed by atoms with van der Waals surface area (Å²) in [5.41, 5.74) is 0.389. The van der Waals surface area contributed by atoms with Crippen molar-refractivity contribution in [3.05, 3.63) is 35.7 Å². The van der Waals surface area contributed by atoms with Gasteiger partial charge in [0, 0.05) is 13.5 Å². The van der Waals surface area contributed by atoms with Crippen LogP contribution in [-0.2, 0) is 11.2 Å². The van der Waals surface area contributed by atoms with Crippen LogP contribution in [0.3, 0.4) is 0 Å². The number of anilines is 1. The largest absolute Gasteiger partial charge is 0.497 e. The molecule has 8 heteroatoms. The van der Waals surface area contributed by atoms with E-state index in [1.54, 1.807) is 34.9 Å². The van der Waals surface area contributed by atoms with E-state index >= 15 is 0 Å². The number of aromatic nitrogens is 2. The number of nitrogens with zero attached hydrogens (tertiary/aromatic N) is 2. The van der Waals surface area contributed by atoms with Gasteiger partial charge in [-0.05, 0) is 38.5 Å². The number of carbonyl (C=O) groups is 1. The summed E-state index contributed by atoms with van der Waals surface area (Å²) in [6.45, 7) is 5.41. The fourth-order valence-corrected chi connectivity index (χ4v) is 2.13. The van der Waals surface area contributed by atoms with Gasteiger partial charge in [0.1, 0.15) is 11.4 Å². The number of hydrogen-bond acceptors (Lipinski definition) is 7. The molecule has 0 bridgehead atoms. The molecule has 0 unspecified atom stereocenters. The molecule has 0 radical (unpaired) electrons. The van der Waals surface area contributed by atoms with Crippen LogP contribution in [0, 0.1) is 0 Å². The molecule has 136 valence electrons. The molecule has 8 nitrogen and oxygen atoms in total. The zero-order valence-electron chi connectivity index (χ0n) is 15.1. The maximum absolute atomic E-state index is 12.2. The van der Waals surface area contributed by atoms with Crippen molar-refractivity contribution in [1.82, 2.24) is 15.5 Å².